The Balaban J connectivity index is 1.95. The van der Waals surface area contributed by atoms with Crippen LogP contribution in [-0.4, -0.2) is 22.3 Å². The largest absolute Gasteiger partial charge is 0.341 e. The second kappa shape index (κ2) is 3.31. The van der Waals surface area contributed by atoms with Crippen LogP contribution in [0.5, 0.6) is 0 Å². The van der Waals surface area contributed by atoms with Crippen molar-refractivity contribution in [1.29, 1.82) is 0 Å². The van der Waals surface area contributed by atoms with Crippen molar-refractivity contribution in [3.8, 4) is 0 Å². The molecule has 0 radical (unpaired) electrons. The topological polar surface area (TPSA) is 31.9 Å². The van der Waals surface area contributed by atoms with Gasteiger partial charge in [0, 0.05) is 12.1 Å². The molecule has 0 saturated carbocycles. The number of nitrogens with one attached hydrogen (secondary N) is 1. The fraction of sp³-hybridized carbons (Fsp3) is 0.778. The van der Waals surface area contributed by atoms with Crippen LogP contribution in [0.2, 0.25) is 0 Å². The van der Waals surface area contributed by atoms with Crippen molar-refractivity contribution >= 4 is 28.7 Å². The van der Waals surface area contributed by atoms with Crippen molar-refractivity contribution in [3.05, 3.63) is 3.95 Å². The number of aromatic nitrogens is 2. The van der Waals surface area contributed by atoms with Crippen LogP contribution in [0.4, 0.5) is 5.13 Å². The Hall–Kier alpha value is -0.420. The highest BCUT2D eigenvalue weighted by atomic mass is 32.1. The molecule has 2 bridgehead atoms. The van der Waals surface area contributed by atoms with Crippen LogP contribution in [0, 0.1) is 3.95 Å². The molecule has 0 aromatic carbocycles. The van der Waals surface area contributed by atoms with Gasteiger partial charge in [-0.2, -0.15) is 0 Å². The first-order valence-corrected chi connectivity index (χ1v) is 6.41. The normalized spacial score (nSPS) is 31.0. The van der Waals surface area contributed by atoms with E-state index in [1.54, 1.807) is 11.3 Å². The summed E-state index contributed by atoms with van der Waals surface area (Å²) in [6.07, 6.45) is 6.75. The third-order valence-corrected chi connectivity index (χ3v) is 4.44. The molecule has 0 amide bonds. The summed E-state index contributed by atoms with van der Waals surface area (Å²) in [4.78, 5) is 2.50. The summed E-state index contributed by atoms with van der Waals surface area (Å²) in [5.41, 5.74) is 0. The van der Waals surface area contributed by atoms with Gasteiger partial charge in [-0.05, 0) is 44.3 Å². The zero-order valence-corrected chi connectivity index (χ0v) is 9.53. The Morgan fingerprint density at radius 1 is 1.29 bits per heavy atom. The van der Waals surface area contributed by atoms with Gasteiger partial charge in [-0.3, -0.25) is 5.10 Å². The molecule has 2 atom stereocenters. The van der Waals surface area contributed by atoms with E-state index < -0.39 is 0 Å². The molecule has 3 rings (SSSR count). The molecule has 1 aromatic rings. The van der Waals surface area contributed by atoms with Crippen molar-refractivity contribution in [2.45, 2.75) is 44.2 Å². The fourth-order valence-corrected chi connectivity index (χ4v) is 3.78. The molecule has 0 spiro atoms. The lowest BCUT2D eigenvalue weighted by molar-refractivity contribution is 0.466. The Bertz CT molecular complexity index is 367. The first-order valence-electron chi connectivity index (χ1n) is 5.18. The van der Waals surface area contributed by atoms with Gasteiger partial charge in [0.1, 0.15) is 0 Å². The zero-order valence-electron chi connectivity index (χ0n) is 7.90. The lowest BCUT2D eigenvalue weighted by Crippen LogP contribution is -2.39. The summed E-state index contributed by atoms with van der Waals surface area (Å²) < 4.78 is 0.796. The molecule has 5 heteroatoms. The van der Waals surface area contributed by atoms with Crippen molar-refractivity contribution in [2.24, 2.45) is 0 Å². The van der Waals surface area contributed by atoms with E-state index in [0.717, 1.165) is 21.2 Å². The van der Waals surface area contributed by atoms with Gasteiger partial charge in [0.2, 0.25) is 5.13 Å². The Kier molecular flexibility index (Phi) is 2.09. The molecule has 2 saturated heterocycles. The molecule has 2 fully saturated rings. The highest BCUT2D eigenvalue weighted by Crippen LogP contribution is 2.39. The maximum Gasteiger partial charge on any atom is 0.207 e. The number of fused-ring (bicyclic) bond motifs is 2. The maximum atomic E-state index is 5.07. The molecular weight excluding hydrogens is 214 g/mol. The lowest BCUT2D eigenvalue weighted by atomic mass is 10.0. The van der Waals surface area contributed by atoms with Crippen LogP contribution in [0.25, 0.3) is 0 Å². The van der Waals surface area contributed by atoms with E-state index in [2.05, 4.69) is 15.1 Å². The molecule has 3 nitrogen and oxygen atoms in total. The summed E-state index contributed by atoms with van der Waals surface area (Å²) in [6.45, 7) is 0. The highest BCUT2D eigenvalue weighted by molar-refractivity contribution is 7.73. The van der Waals surface area contributed by atoms with Crippen LogP contribution >= 0.6 is 23.6 Å². The Morgan fingerprint density at radius 2 is 2.00 bits per heavy atom. The summed E-state index contributed by atoms with van der Waals surface area (Å²) >= 11 is 6.69. The first-order chi connectivity index (χ1) is 6.84. The first kappa shape index (κ1) is 8.85. The third-order valence-electron chi connectivity index (χ3n) is 3.34. The standard InChI is InChI=1S/C9H13N3S2/c13-9-11-10-8(14-9)12-6-2-1-3-7(12)5-4-6/h6-7H,1-5H2,(H,11,13). The number of anilines is 1. The van der Waals surface area contributed by atoms with E-state index >= 15 is 0 Å². The van der Waals surface area contributed by atoms with Gasteiger partial charge in [-0.25, -0.2) is 0 Å². The van der Waals surface area contributed by atoms with Crippen LogP contribution in [0.1, 0.15) is 32.1 Å². The van der Waals surface area contributed by atoms with Crippen LogP contribution in [0.15, 0.2) is 0 Å². The number of aromatic amines is 1. The second-order valence-corrected chi connectivity index (χ2v) is 5.76. The quantitative estimate of drug-likeness (QED) is 0.749. The van der Waals surface area contributed by atoms with Crippen molar-refractivity contribution in [2.75, 3.05) is 4.90 Å². The summed E-state index contributed by atoms with van der Waals surface area (Å²) in [5.74, 6) is 0. The van der Waals surface area contributed by atoms with Crippen LogP contribution < -0.4 is 4.90 Å². The Labute approximate surface area is 92.1 Å². The molecule has 76 valence electrons. The average molecular weight is 227 g/mol. The molecule has 2 unspecified atom stereocenters. The molecule has 1 N–H and O–H groups in total. The van der Waals surface area contributed by atoms with Crippen LogP contribution in [-0.2, 0) is 0 Å². The summed E-state index contributed by atoms with van der Waals surface area (Å²) in [5, 5.41) is 8.29. The van der Waals surface area contributed by atoms with Gasteiger partial charge in [0.25, 0.3) is 0 Å². The van der Waals surface area contributed by atoms with Gasteiger partial charge in [-0.15, -0.1) is 5.10 Å². The number of hydrogen-bond donors (Lipinski definition) is 1. The van der Waals surface area contributed by atoms with E-state index in [0.29, 0.717) is 0 Å². The highest BCUT2D eigenvalue weighted by Gasteiger charge is 2.37. The molecule has 2 aliphatic heterocycles. The maximum absolute atomic E-state index is 5.07. The predicted octanol–water partition coefficient (Wildman–Crippen LogP) is 2.72. The molecule has 2 aliphatic rings. The second-order valence-electron chi connectivity index (χ2n) is 4.12. The number of rotatable bonds is 1. The minimum Gasteiger partial charge on any atom is -0.341 e. The average Bonchev–Trinajstić information content (AvgIpc) is 2.68. The summed E-state index contributed by atoms with van der Waals surface area (Å²) in [6, 6.07) is 1.48. The minimum absolute atomic E-state index is 0.739. The predicted molar refractivity (Wildman–Crippen MR) is 60.4 cm³/mol. The molecule has 14 heavy (non-hydrogen) atoms. The van der Waals surface area contributed by atoms with E-state index in [4.69, 9.17) is 12.2 Å². The molecular formula is C9H13N3S2. The molecule has 3 heterocycles. The van der Waals surface area contributed by atoms with E-state index in [-0.39, 0.29) is 0 Å². The van der Waals surface area contributed by atoms with Crippen molar-refractivity contribution in [3.63, 3.8) is 0 Å². The van der Waals surface area contributed by atoms with Crippen molar-refractivity contribution in [1.82, 2.24) is 10.2 Å². The smallest absolute Gasteiger partial charge is 0.207 e. The van der Waals surface area contributed by atoms with Gasteiger partial charge < -0.3 is 4.90 Å². The number of hydrogen-bond acceptors (Lipinski definition) is 4. The number of nitrogens with zero attached hydrogens (tertiary/aromatic N) is 2. The molecule has 1 aromatic heterocycles. The van der Waals surface area contributed by atoms with Gasteiger partial charge in [0.05, 0.1) is 0 Å². The zero-order chi connectivity index (χ0) is 9.54. The SMILES string of the molecule is S=c1[nH]nc(N2C3CCCC2CC3)s1. The number of H-pyrrole nitrogens is 1. The monoisotopic (exact) mass is 227 g/mol. The van der Waals surface area contributed by atoms with Gasteiger partial charge in [0.15, 0.2) is 3.95 Å². The molecule has 0 aliphatic carbocycles. The van der Waals surface area contributed by atoms with Gasteiger partial charge in [-0.1, -0.05) is 11.3 Å². The Morgan fingerprint density at radius 3 is 2.57 bits per heavy atom. The van der Waals surface area contributed by atoms with Crippen molar-refractivity contribution < 1.29 is 0 Å². The number of piperidine rings is 1. The fourth-order valence-electron chi connectivity index (χ4n) is 2.76. The lowest BCUT2D eigenvalue weighted by Gasteiger charge is -2.34. The van der Waals surface area contributed by atoms with Gasteiger partial charge >= 0.3 is 0 Å². The third kappa shape index (κ3) is 1.30. The minimum atomic E-state index is 0.739. The van der Waals surface area contributed by atoms with Crippen LogP contribution in [0.3, 0.4) is 0 Å². The van der Waals surface area contributed by atoms with E-state index in [1.165, 1.54) is 32.1 Å². The van der Waals surface area contributed by atoms with E-state index in [1.807, 2.05) is 0 Å². The summed E-state index contributed by atoms with van der Waals surface area (Å²) in [7, 11) is 0. The van der Waals surface area contributed by atoms with E-state index in [9.17, 15) is 0 Å².